The molecule has 0 radical (unpaired) electrons. The van der Waals surface area contributed by atoms with E-state index in [1.165, 1.54) is 51.9 Å². The molecule has 5 fully saturated rings. The van der Waals surface area contributed by atoms with E-state index in [-0.39, 0.29) is 87.6 Å². The Labute approximate surface area is 603 Å². The highest BCUT2D eigenvalue weighted by molar-refractivity contribution is 6.09. The molecule has 3 saturated carbocycles. The second-order valence-corrected chi connectivity index (χ2v) is 31.9. The number of pyridine rings is 4. The number of aromatic nitrogens is 8. The number of fused-ring (bicyclic) bond motifs is 4. The zero-order valence-corrected chi connectivity index (χ0v) is 61.1. The number of piperidine rings is 2. The van der Waals surface area contributed by atoms with Crippen LogP contribution in [-0.4, -0.2) is 141 Å². The van der Waals surface area contributed by atoms with E-state index in [2.05, 4.69) is 54.5 Å². The Morgan fingerprint density at radius 2 is 1.09 bits per heavy atom. The Kier molecular flexibility index (Phi) is 18.5. The predicted octanol–water partition coefficient (Wildman–Crippen LogP) is 15.0. The minimum absolute atomic E-state index is 0.0148. The molecule has 10 heterocycles. The summed E-state index contributed by atoms with van der Waals surface area (Å²) in [5, 5.41) is 10.1. The summed E-state index contributed by atoms with van der Waals surface area (Å²) in [5.41, 5.74) is 1.40. The normalized spacial score (nSPS) is 22.4. The third-order valence-electron chi connectivity index (χ3n) is 23.1. The Bertz CT molecular complexity index is 4860. The fourth-order valence-electron chi connectivity index (χ4n) is 16.8. The molecule has 2 saturated heterocycles. The number of carbonyl (C=O) groups is 4. The first-order valence-corrected chi connectivity index (χ1v) is 36.4. The van der Waals surface area contributed by atoms with Crippen molar-refractivity contribution in [3.8, 4) is 22.5 Å². The number of nitrogens with zero attached hydrogens (tertiary/aromatic N) is 12. The highest BCUT2D eigenvalue weighted by Gasteiger charge is 2.58. The zero-order chi connectivity index (χ0) is 75.0. The van der Waals surface area contributed by atoms with E-state index < -0.39 is 87.6 Å². The Balaban J connectivity index is 0.000000178. The summed E-state index contributed by atoms with van der Waals surface area (Å²) in [6.07, 6.45) is 14.0. The van der Waals surface area contributed by atoms with Crippen LogP contribution in [0, 0.1) is 47.4 Å². The lowest BCUT2D eigenvalue weighted by Crippen LogP contribution is -2.64. The van der Waals surface area contributed by atoms with E-state index in [9.17, 15) is 36.7 Å². The molecule has 28 heteroatoms. The number of anilines is 6. The van der Waals surface area contributed by atoms with Gasteiger partial charge in [-0.05, 0) is 209 Å². The Morgan fingerprint density at radius 1 is 0.571 bits per heavy atom. The van der Waals surface area contributed by atoms with Gasteiger partial charge in [0.05, 0.1) is 97.7 Å². The van der Waals surface area contributed by atoms with Gasteiger partial charge in [0, 0.05) is 71.2 Å². The van der Waals surface area contributed by atoms with E-state index in [0.29, 0.717) is 55.8 Å². The van der Waals surface area contributed by atoms with Crippen LogP contribution in [0.3, 0.4) is 0 Å². The zero-order valence-electron chi connectivity index (χ0n) is 61.1. The molecule has 15 rings (SSSR count). The van der Waals surface area contributed by atoms with Gasteiger partial charge in [-0.2, -0.15) is 4.39 Å². The van der Waals surface area contributed by atoms with Crippen molar-refractivity contribution in [3.05, 3.63) is 118 Å². The number of rotatable bonds is 17. The van der Waals surface area contributed by atoms with Gasteiger partial charge in [0.1, 0.15) is 11.0 Å². The largest absolute Gasteiger partial charge is 0.352 e. The van der Waals surface area contributed by atoms with Crippen molar-refractivity contribution in [1.29, 1.82) is 0 Å². The molecule has 3 aliphatic carbocycles. The van der Waals surface area contributed by atoms with Crippen molar-refractivity contribution < 1.29 is 54.3 Å². The third kappa shape index (κ3) is 12.6. The molecule has 6 aromatic heterocycles. The topological polar surface area (TPSA) is 217 Å². The quantitative estimate of drug-likeness (QED) is 0.0379. The average Bonchev–Trinajstić information content (AvgIpc) is 1.57. The van der Waals surface area contributed by atoms with Crippen molar-refractivity contribution in [1.82, 2.24) is 59.5 Å². The van der Waals surface area contributed by atoms with Crippen molar-refractivity contribution >= 4 is 80.1 Å². The maximum absolute atomic E-state index is 16.3. The smallest absolute Gasteiger partial charge is 0.255 e. The number of nitrogens with one attached hydrogen (secondary N) is 4. The molecule has 105 heavy (non-hydrogen) atoms. The van der Waals surface area contributed by atoms with Crippen LogP contribution in [-0.2, 0) is 20.4 Å². The summed E-state index contributed by atoms with van der Waals surface area (Å²) in [5.74, 6) is -10.3. The van der Waals surface area contributed by atoms with Gasteiger partial charge >= 0.3 is 0 Å². The van der Waals surface area contributed by atoms with Crippen LogP contribution in [0.1, 0.15) is 197 Å². The molecule has 0 atom stereocenters. The molecule has 2 aromatic carbocycles. The first-order chi connectivity index (χ1) is 49.7. The van der Waals surface area contributed by atoms with Crippen LogP contribution >= 0.6 is 0 Å². The summed E-state index contributed by atoms with van der Waals surface area (Å²) < 4.78 is 121. The molecule has 4 N–H and O–H groups in total. The fraction of sp³-hybridized carbons (Fsp3) is 0.506. The minimum Gasteiger partial charge on any atom is -0.352 e. The minimum atomic E-state index is -2.85. The average molecular weight is 1450 g/mol. The lowest BCUT2D eigenvalue weighted by atomic mass is 9.70. The standard InChI is InChI=1S/C40H45F5N8O2.C37H43F3N8O2/c1-20(2)52-19-47-27-14-25(48-35(32(27)52)49-26-12-23(21(3)30(43)31(26)44)36(54)46-17-29(41)42)24-13-28-33(50-34(24)45)38(4,5)37(55)53(28)22-15-39(6,16-22)51-11-7-8-40(18-51)9-10-40;1-7-41-34(49)23-14-25(29(39)30(40)28(23)38)45-33-31-26(43-19-47(31)20(2)3)15-24(44-33)21-13-27-32(42-18-21)36(4,5)35(50)48(27)22-16-37(6,17-22)46-11-9-8-10-12-46/h12-14,19-20,22,29H,7-11,15-18H2,1-6H3,(H,46,54)(H,48,49);13-15,18-20,22H,7-12,16-17H2,1-6H3,(H,41,49)(H,44,45). The Hall–Kier alpha value is -9.18. The van der Waals surface area contributed by atoms with Gasteiger partial charge in [-0.1, -0.05) is 6.42 Å². The van der Waals surface area contributed by atoms with Gasteiger partial charge in [0.2, 0.25) is 17.8 Å². The number of imidazole rings is 2. The van der Waals surface area contributed by atoms with E-state index >= 15 is 17.6 Å². The second kappa shape index (κ2) is 26.7. The van der Waals surface area contributed by atoms with Crippen LogP contribution in [0.5, 0.6) is 0 Å². The lowest BCUT2D eigenvalue weighted by Gasteiger charge is -2.56. The van der Waals surface area contributed by atoms with Gasteiger partial charge < -0.3 is 40.2 Å². The maximum atomic E-state index is 16.3. The number of hydrogen-bond donors (Lipinski definition) is 4. The SMILES string of the molecule is CCNC(=O)c1cc(Nc2nc(-c3cnc4c(c3)N(C3CC(C)(N5CCCCC5)C3)C(=O)C4(C)C)cc3ncn(C(C)C)c23)c(F)c(F)c1F.Cc1c(C(=O)NCC(F)F)cc(Nc2nc(-c3cc4c(nc3F)C(C)(C)C(=O)N4C3CC(C)(N4CCCC5(CC5)C4)C3)cc3ncn(C(C)C)c23)c(F)c1F. The first-order valence-electron chi connectivity index (χ1n) is 36.4. The molecule has 4 aliphatic heterocycles. The summed E-state index contributed by atoms with van der Waals surface area (Å²) in [6, 6.07) is 8.53. The summed E-state index contributed by atoms with van der Waals surface area (Å²) in [7, 11) is 0. The van der Waals surface area contributed by atoms with E-state index in [0.717, 1.165) is 69.7 Å². The fourth-order valence-corrected chi connectivity index (χ4v) is 16.8. The lowest BCUT2D eigenvalue weighted by molar-refractivity contribution is -0.124. The van der Waals surface area contributed by atoms with Crippen LogP contribution in [0.2, 0.25) is 0 Å². The predicted molar refractivity (Wildman–Crippen MR) is 384 cm³/mol. The molecule has 4 amide bonds. The maximum Gasteiger partial charge on any atom is 0.255 e. The number of likely N-dealkylation sites (tertiary alicyclic amines) is 2. The molecule has 0 bridgehead atoms. The number of hydrogen-bond acceptors (Lipinski definition) is 14. The summed E-state index contributed by atoms with van der Waals surface area (Å²) >= 11 is 0. The van der Waals surface area contributed by atoms with Gasteiger partial charge in [-0.25, -0.2) is 55.7 Å². The molecular formula is C77H88F8N16O4. The van der Waals surface area contributed by atoms with Gasteiger partial charge in [-0.15, -0.1) is 0 Å². The third-order valence-corrected chi connectivity index (χ3v) is 23.1. The number of alkyl halides is 2. The Morgan fingerprint density at radius 3 is 1.65 bits per heavy atom. The number of halogens is 8. The van der Waals surface area contributed by atoms with E-state index in [1.807, 2.05) is 62.4 Å². The summed E-state index contributed by atoms with van der Waals surface area (Å²) in [4.78, 5) is 90.1. The molecular weight excluding hydrogens is 1360 g/mol. The van der Waals surface area contributed by atoms with Crippen LogP contribution in [0.15, 0.2) is 55.2 Å². The molecule has 1 spiro atoms. The van der Waals surface area contributed by atoms with Crippen molar-refractivity contribution in [3.63, 3.8) is 0 Å². The summed E-state index contributed by atoms with van der Waals surface area (Å²) in [6.45, 7) is 25.8. The van der Waals surface area contributed by atoms with Crippen LogP contribution in [0.25, 0.3) is 44.6 Å². The van der Waals surface area contributed by atoms with Gasteiger partial charge in [-0.3, -0.25) is 34.0 Å². The molecule has 556 valence electrons. The van der Waals surface area contributed by atoms with Crippen molar-refractivity contribution in [2.75, 3.05) is 59.7 Å². The van der Waals surface area contributed by atoms with E-state index in [1.54, 1.807) is 67.3 Å². The van der Waals surface area contributed by atoms with Crippen molar-refractivity contribution in [2.24, 2.45) is 5.41 Å². The number of benzene rings is 2. The van der Waals surface area contributed by atoms with Crippen LogP contribution < -0.4 is 31.1 Å². The molecule has 20 nitrogen and oxygen atoms in total. The molecule has 0 unspecified atom stereocenters. The van der Waals surface area contributed by atoms with Gasteiger partial charge in [0.15, 0.2) is 40.7 Å². The highest BCUT2D eigenvalue weighted by atomic mass is 19.3. The molecule has 7 aliphatic rings. The second-order valence-electron chi connectivity index (χ2n) is 31.9. The number of amides is 4. The monoisotopic (exact) mass is 1450 g/mol. The van der Waals surface area contributed by atoms with Crippen LogP contribution in [0.4, 0.5) is 69.5 Å². The van der Waals surface area contributed by atoms with Gasteiger partial charge in [0.25, 0.3) is 18.2 Å². The van der Waals surface area contributed by atoms with Crippen molar-refractivity contribution in [2.45, 2.75) is 206 Å². The highest BCUT2D eigenvalue weighted by Crippen LogP contribution is 2.57. The number of carbonyl (C=O) groups excluding carboxylic acids is 4. The van der Waals surface area contributed by atoms with E-state index in [4.69, 9.17) is 15.0 Å². The molecule has 8 aromatic rings. The first kappa shape index (κ1) is 72.8.